The van der Waals surface area contributed by atoms with Crippen molar-refractivity contribution in [3.63, 3.8) is 0 Å². The zero-order chi connectivity index (χ0) is 12.5. The van der Waals surface area contributed by atoms with Crippen molar-refractivity contribution in [1.29, 1.82) is 0 Å². The summed E-state index contributed by atoms with van der Waals surface area (Å²) in [5, 5.41) is 9.77. The number of fused-ring (bicyclic) bond motifs is 2. The first kappa shape index (κ1) is 10.7. The number of rotatable bonds is 2. The molecule has 4 nitrogen and oxygen atoms in total. The van der Waals surface area contributed by atoms with Gasteiger partial charge in [-0.2, -0.15) is 0 Å². The predicted octanol–water partition coefficient (Wildman–Crippen LogP) is 2.62. The van der Waals surface area contributed by atoms with Crippen molar-refractivity contribution in [3.05, 3.63) is 47.5 Å². The number of aromatic hydroxyl groups is 1. The van der Waals surface area contributed by atoms with E-state index in [0.29, 0.717) is 30.1 Å². The van der Waals surface area contributed by atoms with Gasteiger partial charge in [0, 0.05) is 17.5 Å². The molecule has 3 rings (SSSR count). The summed E-state index contributed by atoms with van der Waals surface area (Å²) in [6, 6.07) is 10.6. The molecule has 0 fully saturated rings. The van der Waals surface area contributed by atoms with Gasteiger partial charge in [-0.3, -0.25) is 4.79 Å². The summed E-state index contributed by atoms with van der Waals surface area (Å²) in [7, 11) is 0. The van der Waals surface area contributed by atoms with Crippen molar-refractivity contribution in [1.82, 2.24) is 0 Å². The van der Waals surface area contributed by atoms with E-state index in [0.717, 1.165) is 11.1 Å². The monoisotopic (exact) mass is 242 g/mol. The van der Waals surface area contributed by atoms with E-state index >= 15 is 0 Å². The average Bonchev–Trinajstić information content (AvgIpc) is 2.38. The number of hydrogen-bond acceptors (Lipinski definition) is 4. The van der Waals surface area contributed by atoms with Gasteiger partial charge >= 0.3 is 0 Å². The van der Waals surface area contributed by atoms with Crippen molar-refractivity contribution in [2.75, 3.05) is 0 Å². The van der Waals surface area contributed by atoms with Gasteiger partial charge in [-0.15, -0.1) is 0 Å². The number of para-hydroxylation sites is 2. The van der Waals surface area contributed by atoms with Gasteiger partial charge in [-0.1, -0.05) is 24.3 Å². The lowest BCUT2D eigenvalue weighted by molar-refractivity contribution is -0.120. The maximum Gasteiger partial charge on any atom is 0.298 e. The first-order valence-electron chi connectivity index (χ1n) is 5.50. The summed E-state index contributed by atoms with van der Waals surface area (Å²) in [4.78, 5) is 10.4. The Morgan fingerprint density at radius 2 is 1.83 bits per heavy atom. The lowest BCUT2D eigenvalue weighted by atomic mass is 10.00. The first-order valence-corrected chi connectivity index (χ1v) is 5.50. The Morgan fingerprint density at radius 3 is 2.61 bits per heavy atom. The lowest BCUT2D eigenvalue weighted by Gasteiger charge is -2.22. The number of carbonyl (C=O) groups excluding carboxylic acids is 1. The highest BCUT2D eigenvalue weighted by Gasteiger charge is 2.22. The third-order valence-electron chi connectivity index (χ3n) is 2.90. The number of hydrogen-bond donors (Lipinski definition) is 1. The molecule has 18 heavy (non-hydrogen) atoms. The van der Waals surface area contributed by atoms with Gasteiger partial charge in [0.1, 0.15) is 0 Å². The number of phenolic OH excluding ortho intramolecular Hbond substituents is 1. The molecule has 1 aliphatic rings. The fraction of sp³-hybridized carbons (Fsp3) is 0.0714. The average molecular weight is 242 g/mol. The summed E-state index contributed by atoms with van der Waals surface area (Å²) in [6.07, 6.45) is 0.634. The van der Waals surface area contributed by atoms with Crippen LogP contribution in [0.2, 0.25) is 0 Å². The van der Waals surface area contributed by atoms with E-state index < -0.39 is 0 Å². The highest BCUT2D eigenvalue weighted by atomic mass is 16.5. The van der Waals surface area contributed by atoms with E-state index in [4.69, 9.17) is 9.47 Å². The minimum atomic E-state index is 0.0825. The Balaban J connectivity index is 2.11. The number of benzene rings is 2. The van der Waals surface area contributed by atoms with Crippen molar-refractivity contribution in [2.45, 2.75) is 6.42 Å². The fourth-order valence-corrected chi connectivity index (χ4v) is 2.10. The van der Waals surface area contributed by atoms with Gasteiger partial charge < -0.3 is 14.6 Å². The number of ether oxygens (including phenoxy) is 2. The quantitative estimate of drug-likeness (QED) is 0.702. The molecular weight excluding hydrogens is 232 g/mol. The van der Waals surface area contributed by atoms with Gasteiger partial charge in [-0.25, -0.2) is 0 Å². The molecule has 0 atom stereocenters. The molecule has 0 saturated heterocycles. The normalized spacial score (nSPS) is 12.0. The van der Waals surface area contributed by atoms with E-state index in [9.17, 15) is 9.90 Å². The number of carbonyl (C=O) groups is 1. The van der Waals surface area contributed by atoms with Crippen molar-refractivity contribution < 1.29 is 19.4 Å². The SMILES string of the molecule is O=COc1cccc2c1Oc1c(O)cccc1C2. The van der Waals surface area contributed by atoms with Crippen LogP contribution in [0.15, 0.2) is 36.4 Å². The van der Waals surface area contributed by atoms with Crippen LogP contribution in [-0.2, 0) is 11.2 Å². The van der Waals surface area contributed by atoms with Crippen LogP contribution in [0.5, 0.6) is 23.0 Å². The zero-order valence-corrected chi connectivity index (χ0v) is 9.42. The molecule has 0 unspecified atom stereocenters. The van der Waals surface area contributed by atoms with Gasteiger partial charge in [0.05, 0.1) is 0 Å². The van der Waals surface area contributed by atoms with Gasteiger partial charge in [-0.05, 0) is 12.1 Å². The van der Waals surface area contributed by atoms with Crippen LogP contribution in [-0.4, -0.2) is 11.6 Å². The molecule has 0 aromatic heterocycles. The van der Waals surface area contributed by atoms with Crippen LogP contribution in [0.4, 0.5) is 0 Å². The molecule has 0 radical (unpaired) electrons. The van der Waals surface area contributed by atoms with Crippen LogP contribution in [0.3, 0.4) is 0 Å². The highest BCUT2D eigenvalue weighted by Crippen LogP contribution is 2.45. The van der Waals surface area contributed by atoms with Crippen LogP contribution < -0.4 is 9.47 Å². The van der Waals surface area contributed by atoms with E-state index in [1.807, 2.05) is 12.1 Å². The first-order chi connectivity index (χ1) is 8.79. The minimum absolute atomic E-state index is 0.0825. The molecule has 0 aliphatic carbocycles. The molecule has 2 aromatic rings. The maximum atomic E-state index is 10.4. The van der Waals surface area contributed by atoms with Gasteiger partial charge in [0.25, 0.3) is 6.47 Å². The minimum Gasteiger partial charge on any atom is -0.504 e. The Kier molecular flexibility index (Phi) is 2.41. The van der Waals surface area contributed by atoms with Gasteiger partial charge in [0.15, 0.2) is 23.0 Å². The summed E-state index contributed by atoms with van der Waals surface area (Å²) >= 11 is 0. The van der Waals surface area contributed by atoms with Crippen LogP contribution in [0.1, 0.15) is 11.1 Å². The molecule has 1 N–H and O–H groups in total. The Bertz CT molecular complexity index is 619. The topological polar surface area (TPSA) is 55.8 Å². The molecule has 2 aromatic carbocycles. The molecule has 1 aliphatic heterocycles. The summed E-state index contributed by atoms with van der Waals surface area (Å²) in [5.41, 5.74) is 1.83. The molecule has 1 heterocycles. The smallest absolute Gasteiger partial charge is 0.298 e. The van der Waals surface area contributed by atoms with E-state index in [-0.39, 0.29) is 5.75 Å². The molecule has 0 bridgehead atoms. The summed E-state index contributed by atoms with van der Waals surface area (Å²) in [5.74, 6) is 1.35. The van der Waals surface area contributed by atoms with Crippen molar-refractivity contribution >= 4 is 6.47 Å². The highest BCUT2D eigenvalue weighted by molar-refractivity contribution is 5.61. The number of phenols is 1. The maximum absolute atomic E-state index is 10.4. The lowest BCUT2D eigenvalue weighted by Crippen LogP contribution is -2.05. The third-order valence-corrected chi connectivity index (χ3v) is 2.90. The fourth-order valence-electron chi connectivity index (χ4n) is 2.10. The largest absolute Gasteiger partial charge is 0.504 e. The Labute approximate surface area is 103 Å². The van der Waals surface area contributed by atoms with E-state index in [1.165, 1.54) is 0 Å². The van der Waals surface area contributed by atoms with Crippen LogP contribution in [0.25, 0.3) is 0 Å². The molecule has 0 saturated carbocycles. The molecular formula is C14H10O4. The molecule has 0 spiro atoms. The predicted molar refractivity (Wildman–Crippen MR) is 64.1 cm³/mol. The second-order valence-corrected chi connectivity index (χ2v) is 4.00. The second kappa shape index (κ2) is 4.07. The standard InChI is InChI=1S/C14H10O4/c15-8-17-12-6-2-4-10-7-9-3-1-5-11(16)13(9)18-14(10)12/h1-6,8,16H,7H2. The third kappa shape index (κ3) is 1.59. The van der Waals surface area contributed by atoms with Crippen LogP contribution in [0, 0.1) is 0 Å². The second-order valence-electron chi connectivity index (χ2n) is 4.00. The van der Waals surface area contributed by atoms with E-state index in [1.54, 1.807) is 24.3 Å². The Hall–Kier alpha value is -2.49. The summed E-state index contributed by atoms with van der Waals surface area (Å²) in [6.45, 7) is 0.360. The van der Waals surface area contributed by atoms with Crippen molar-refractivity contribution in [2.24, 2.45) is 0 Å². The van der Waals surface area contributed by atoms with E-state index in [2.05, 4.69) is 0 Å². The van der Waals surface area contributed by atoms with Crippen molar-refractivity contribution in [3.8, 4) is 23.0 Å². The Morgan fingerprint density at radius 1 is 1.11 bits per heavy atom. The van der Waals surface area contributed by atoms with Crippen LogP contribution >= 0.6 is 0 Å². The molecule has 90 valence electrons. The zero-order valence-electron chi connectivity index (χ0n) is 9.42. The molecule has 4 heteroatoms. The molecule has 0 amide bonds. The summed E-state index contributed by atoms with van der Waals surface area (Å²) < 4.78 is 10.5. The van der Waals surface area contributed by atoms with Gasteiger partial charge in [0.2, 0.25) is 0 Å².